The Morgan fingerprint density at radius 2 is 1.14 bits per heavy atom. The maximum Gasteiger partial charge on any atom is 0.347 e. The molecule has 2 aromatic carbocycles. The first-order chi connectivity index (χ1) is 49.7. The summed E-state index contributed by atoms with van der Waals surface area (Å²) < 4.78 is 54.9. The van der Waals surface area contributed by atoms with Gasteiger partial charge in [0, 0.05) is 101 Å². The molecule has 4 rings (SSSR count). The van der Waals surface area contributed by atoms with Crippen LogP contribution in [0.3, 0.4) is 0 Å². The molecule has 2 unspecified atom stereocenters. The van der Waals surface area contributed by atoms with E-state index in [0.29, 0.717) is 90.2 Å². The van der Waals surface area contributed by atoms with Crippen LogP contribution < -0.4 is 25.4 Å². The van der Waals surface area contributed by atoms with Crippen LogP contribution in [0.15, 0.2) is 134 Å². The quantitative estimate of drug-likeness (QED) is 0.0156. The number of hydrogen-bond acceptors (Lipinski definition) is 20. The summed E-state index contributed by atoms with van der Waals surface area (Å²) in [6, 6.07) is 14.7. The molecule has 3 N–H and O–H groups in total. The van der Waals surface area contributed by atoms with E-state index in [1.807, 2.05) is 12.2 Å². The smallest absolute Gasteiger partial charge is 0.347 e. The van der Waals surface area contributed by atoms with Crippen molar-refractivity contribution in [3.8, 4) is 11.5 Å². The van der Waals surface area contributed by atoms with Crippen LogP contribution in [0, 0.1) is 5.41 Å². The molecule has 1 aliphatic heterocycles. The number of para-hydroxylation sites is 2. The highest BCUT2D eigenvalue weighted by Gasteiger charge is 2.46. The fourth-order valence-electron chi connectivity index (χ4n) is 10.3. The molecule has 1 aromatic heterocycles. The molecular weight excluding hydrogens is 1340 g/mol. The number of carbonyl (C=O) groups excluding carboxylic acids is 7. The molecule has 2 heterocycles. The van der Waals surface area contributed by atoms with Crippen molar-refractivity contribution in [2.75, 3.05) is 97.1 Å². The molecule has 0 bridgehead atoms. The minimum atomic E-state index is -1.58. The largest absolute Gasteiger partial charge is 0.465 e. The Balaban J connectivity index is 1.26. The van der Waals surface area contributed by atoms with E-state index in [4.69, 9.17) is 42.6 Å². The van der Waals surface area contributed by atoms with Gasteiger partial charge in [0.15, 0.2) is 6.10 Å². The maximum absolute atomic E-state index is 14.2. The Morgan fingerprint density at radius 3 is 1.75 bits per heavy atom. The molecule has 23 heteroatoms. The van der Waals surface area contributed by atoms with Gasteiger partial charge in [0.05, 0.1) is 30.9 Å². The summed E-state index contributed by atoms with van der Waals surface area (Å²) >= 11 is 0. The number of hydrogen-bond donors (Lipinski definition) is 3. The molecule has 21 nitrogen and oxygen atoms in total. The first-order valence-corrected chi connectivity index (χ1v) is 39.1. The van der Waals surface area contributed by atoms with Gasteiger partial charge in [0.25, 0.3) is 5.91 Å². The number of nitrogens with zero attached hydrogens (tertiary/aromatic N) is 2. The zero-order chi connectivity index (χ0) is 73.7. The molecule has 0 aliphatic carbocycles. The first kappa shape index (κ1) is 87.4. The fraction of sp³-hybridized carbons (Fsp3) is 0.570. The van der Waals surface area contributed by atoms with Crippen molar-refractivity contribution in [3.63, 3.8) is 0 Å². The van der Waals surface area contributed by atoms with Gasteiger partial charge in [0.2, 0.25) is 11.8 Å². The van der Waals surface area contributed by atoms with Crippen molar-refractivity contribution in [2.45, 2.75) is 188 Å². The predicted molar refractivity (Wildman–Crippen MR) is 404 cm³/mol. The average Bonchev–Trinajstić information content (AvgIpc) is 0.802. The molecule has 1 saturated heterocycles. The summed E-state index contributed by atoms with van der Waals surface area (Å²) in [6.45, 7) is 18.8. The van der Waals surface area contributed by atoms with E-state index in [9.17, 15) is 33.6 Å². The normalized spacial score (nSPS) is 16.1. The van der Waals surface area contributed by atoms with Crippen molar-refractivity contribution >= 4 is 63.2 Å². The summed E-state index contributed by atoms with van der Waals surface area (Å²) in [4.78, 5) is 100. The van der Waals surface area contributed by atoms with E-state index in [2.05, 4.69) is 109 Å². The molecule has 102 heavy (non-hydrogen) atoms. The standard InChI is InChI=1S/C79H115N5O16S2/c1-8-13-18-19-20-21-22-23-24-25-26-27-28-29-30-31-32-43-71(87)97-61-79(6,7)74(100-78(91)64-40-34-36-42-67(64)99-77(90)63-39-33-35-41-66(63)98-76(89)62-38-37-45-80-57-62)75(88)83-46-44-69(85)81-47-55-101-102-56-48-82-70(86)60-93-54-49-84-58-68(94-51-15-10-3)73(96-53-17-12-5)72(95-52-16-11-4)65(84)59-92-50-14-9-2/h13,18,20-21,23-24,26-27,29-30,33-42,45,57,65,68,72-74H,8-12,14-17,19,22,25,28,31-32,43-44,46-56,58-61H2,1-7H3,(H,81,85)(H,82,86)(H,83,88)/b18-13-,21-20-,24-23-,27-26-,30-29+/t65?,68-,72-,73?,74+/m1/s1. The SMILES string of the molecule is CC/C=C\C/C=C\C/C=C\C/C=C\C/C=C/CCCC(=O)OCC(C)(C)[C@@H](OC(=O)c1ccccc1OC(=O)c1ccccc1OC(=O)c1cccnc1)C(=O)NCCC(=O)NCCSSCCNC(=O)COCCN1C[C@@H](OCCCC)C(OCCCC)[C@H](OCCCC)C1COCCCC. The van der Waals surface area contributed by atoms with Crippen LogP contribution in [-0.2, 0) is 52.3 Å². The fourth-order valence-corrected chi connectivity index (χ4v) is 12.1. The molecule has 3 amide bonds. The molecule has 1 aliphatic rings. The highest BCUT2D eigenvalue weighted by atomic mass is 33.1. The van der Waals surface area contributed by atoms with Crippen LogP contribution in [-0.4, -0.2) is 179 Å². The monoisotopic (exact) mass is 1450 g/mol. The zero-order valence-electron chi connectivity index (χ0n) is 61.5. The number of nitrogens with one attached hydrogen (secondary N) is 3. The van der Waals surface area contributed by atoms with Gasteiger partial charge in [-0.3, -0.25) is 29.1 Å². The molecule has 564 valence electrons. The number of pyridine rings is 1. The summed E-state index contributed by atoms with van der Waals surface area (Å²) in [5.74, 6) is -3.72. The molecule has 0 radical (unpaired) electrons. The molecule has 3 aromatic rings. The third-order valence-electron chi connectivity index (χ3n) is 16.0. The highest BCUT2D eigenvalue weighted by molar-refractivity contribution is 8.76. The summed E-state index contributed by atoms with van der Waals surface area (Å²) in [7, 11) is 3.09. The zero-order valence-corrected chi connectivity index (χ0v) is 63.1. The van der Waals surface area contributed by atoms with Crippen LogP contribution >= 0.6 is 21.6 Å². The Bertz CT molecular complexity index is 3040. The Morgan fingerprint density at radius 1 is 0.578 bits per heavy atom. The molecule has 1 fully saturated rings. The molecule has 0 saturated carbocycles. The molecule has 5 atom stereocenters. The lowest BCUT2D eigenvalue weighted by Crippen LogP contribution is -2.65. The van der Waals surface area contributed by atoms with E-state index in [-0.39, 0.29) is 97.0 Å². The van der Waals surface area contributed by atoms with Gasteiger partial charge in [-0.05, 0) is 107 Å². The Labute approximate surface area is 614 Å². The van der Waals surface area contributed by atoms with Crippen molar-refractivity contribution < 1.29 is 76.2 Å². The maximum atomic E-state index is 14.2. The number of allylic oxidation sites excluding steroid dienone is 10. The first-order valence-electron chi connectivity index (χ1n) is 36.6. The molecular formula is C79H115N5O16S2. The van der Waals surface area contributed by atoms with Gasteiger partial charge in [-0.25, -0.2) is 14.4 Å². The average molecular weight is 1450 g/mol. The number of likely N-dealkylation sites (tertiary alicyclic amines) is 1. The number of ether oxygens (including phenoxy) is 9. The minimum Gasteiger partial charge on any atom is -0.465 e. The summed E-state index contributed by atoms with van der Waals surface area (Å²) in [6.07, 6.45) is 35.4. The van der Waals surface area contributed by atoms with Gasteiger partial charge in [-0.1, -0.05) is 181 Å². The Hall–Kier alpha value is -6.96. The number of benzene rings is 2. The van der Waals surface area contributed by atoms with Gasteiger partial charge < -0.3 is 58.6 Å². The van der Waals surface area contributed by atoms with Gasteiger partial charge in [-0.15, -0.1) is 0 Å². The topological polar surface area (TPSA) is 255 Å². The number of aromatic nitrogens is 1. The lowest BCUT2D eigenvalue weighted by Gasteiger charge is -2.48. The Kier molecular flexibility index (Phi) is 46.9. The summed E-state index contributed by atoms with van der Waals surface area (Å²) in [5.41, 5.74) is -1.51. The van der Waals surface area contributed by atoms with Crippen molar-refractivity contribution in [2.24, 2.45) is 5.41 Å². The van der Waals surface area contributed by atoms with Crippen LogP contribution in [0.5, 0.6) is 11.5 Å². The molecule has 0 spiro atoms. The van der Waals surface area contributed by atoms with E-state index in [1.54, 1.807) is 42.8 Å². The number of esters is 4. The van der Waals surface area contributed by atoms with Gasteiger partial charge in [-0.2, -0.15) is 0 Å². The second-order valence-electron chi connectivity index (χ2n) is 25.1. The van der Waals surface area contributed by atoms with E-state index in [1.165, 1.54) is 65.7 Å². The van der Waals surface area contributed by atoms with Gasteiger partial charge >= 0.3 is 23.9 Å². The third kappa shape index (κ3) is 36.5. The summed E-state index contributed by atoms with van der Waals surface area (Å²) in [5, 5.41) is 8.51. The highest BCUT2D eigenvalue weighted by Crippen LogP contribution is 2.31. The number of carbonyl (C=O) groups is 7. The second kappa shape index (κ2) is 54.7. The van der Waals surface area contributed by atoms with E-state index < -0.39 is 41.3 Å². The van der Waals surface area contributed by atoms with Crippen LogP contribution in [0.4, 0.5) is 0 Å². The number of amides is 3. The van der Waals surface area contributed by atoms with Crippen LogP contribution in [0.1, 0.15) is 189 Å². The van der Waals surface area contributed by atoms with E-state index >= 15 is 0 Å². The number of rotatable bonds is 55. The van der Waals surface area contributed by atoms with Crippen LogP contribution in [0.2, 0.25) is 0 Å². The lowest BCUT2D eigenvalue weighted by molar-refractivity contribution is -0.203. The van der Waals surface area contributed by atoms with E-state index in [0.717, 1.165) is 83.5 Å². The lowest BCUT2D eigenvalue weighted by atomic mass is 9.86. The van der Waals surface area contributed by atoms with Crippen molar-refractivity contribution in [1.29, 1.82) is 0 Å². The van der Waals surface area contributed by atoms with Crippen LogP contribution in [0.25, 0.3) is 0 Å². The second-order valence-corrected chi connectivity index (χ2v) is 27.8. The van der Waals surface area contributed by atoms with Gasteiger partial charge in [0.1, 0.15) is 48.0 Å². The third-order valence-corrected chi connectivity index (χ3v) is 18.4. The minimum absolute atomic E-state index is 0.0724. The number of piperidine rings is 1. The van der Waals surface area contributed by atoms with Crippen molar-refractivity contribution in [1.82, 2.24) is 25.8 Å². The predicted octanol–water partition coefficient (Wildman–Crippen LogP) is 13.7. The number of unbranched alkanes of at least 4 members (excludes halogenated alkanes) is 5. The van der Waals surface area contributed by atoms with Crippen molar-refractivity contribution in [3.05, 3.63) is 151 Å².